The van der Waals surface area contributed by atoms with Gasteiger partial charge in [0, 0.05) is 6.54 Å². The van der Waals surface area contributed by atoms with Crippen LogP contribution in [-0.4, -0.2) is 37.0 Å². The Bertz CT molecular complexity index is 998. The van der Waals surface area contributed by atoms with Gasteiger partial charge in [0.2, 0.25) is 0 Å². The molecule has 0 bridgehead atoms. The molecule has 3 rings (SSSR count). The second kappa shape index (κ2) is 10.0. The predicted octanol–water partition coefficient (Wildman–Crippen LogP) is 3.92. The van der Waals surface area contributed by atoms with Crippen molar-refractivity contribution in [3.05, 3.63) is 58.1 Å². The second-order valence-electron chi connectivity index (χ2n) is 7.09. The zero-order chi connectivity index (χ0) is 22.5. The van der Waals surface area contributed by atoms with Crippen molar-refractivity contribution in [1.29, 1.82) is 0 Å². The Kier molecular flexibility index (Phi) is 7.41. The van der Waals surface area contributed by atoms with E-state index in [0.29, 0.717) is 21.5 Å². The van der Waals surface area contributed by atoms with Crippen LogP contribution >= 0.6 is 23.2 Å². The predicted molar refractivity (Wildman–Crippen MR) is 117 cm³/mol. The number of carbonyl (C=O) groups excluding carboxylic acids is 3. The van der Waals surface area contributed by atoms with Crippen molar-refractivity contribution in [2.45, 2.75) is 32.4 Å². The number of hydrogen-bond donors (Lipinski definition) is 1. The molecule has 0 radical (unpaired) electrons. The Labute approximate surface area is 190 Å². The number of carbonyl (C=O) groups is 3. The molecule has 7 nitrogen and oxygen atoms in total. The van der Waals surface area contributed by atoms with Gasteiger partial charge in [0.15, 0.2) is 12.7 Å². The number of halogens is 2. The molecule has 1 aliphatic rings. The third-order valence-electron chi connectivity index (χ3n) is 4.80. The maximum absolute atomic E-state index is 12.4. The van der Waals surface area contributed by atoms with Crippen molar-refractivity contribution >= 4 is 46.7 Å². The Morgan fingerprint density at radius 1 is 1.19 bits per heavy atom. The van der Waals surface area contributed by atoms with Gasteiger partial charge in [-0.25, -0.2) is 0 Å². The minimum atomic E-state index is -0.639. The number of amides is 2. The number of rotatable bonds is 7. The van der Waals surface area contributed by atoms with Crippen molar-refractivity contribution in [3.63, 3.8) is 0 Å². The average Bonchev–Trinajstić information content (AvgIpc) is 2.74. The first kappa shape index (κ1) is 22.9. The first-order valence-electron chi connectivity index (χ1n) is 9.73. The molecule has 0 fully saturated rings. The lowest BCUT2D eigenvalue weighted by Crippen LogP contribution is -2.45. The lowest BCUT2D eigenvalue weighted by molar-refractivity contribution is -0.148. The maximum atomic E-state index is 12.4. The van der Waals surface area contributed by atoms with Crippen LogP contribution in [0.3, 0.4) is 0 Å². The van der Waals surface area contributed by atoms with Crippen LogP contribution in [0.25, 0.3) is 0 Å². The molecule has 31 heavy (non-hydrogen) atoms. The summed E-state index contributed by atoms with van der Waals surface area (Å²) in [6, 6.07) is 11.8. The van der Waals surface area contributed by atoms with Crippen molar-refractivity contribution < 1.29 is 23.9 Å². The third-order valence-corrected chi connectivity index (χ3v) is 5.54. The van der Waals surface area contributed by atoms with Gasteiger partial charge in [-0.05, 0) is 43.7 Å². The third kappa shape index (κ3) is 5.68. The highest BCUT2D eigenvalue weighted by molar-refractivity contribution is 6.42. The van der Waals surface area contributed by atoms with Gasteiger partial charge in [0.25, 0.3) is 11.8 Å². The number of esters is 1. The summed E-state index contributed by atoms with van der Waals surface area (Å²) in [5.41, 5.74) is 1.37. The maximum Gasteiger partial charge on any atom is 0.308 e. The van der Waals surface area contributed by atoms with Crippen LogP contribution in [-0.2, 0) is 19.1 Å². The lowest BCUT2D eigenvalue weighted by Gasteiger charge is -2.32. The van der Waals surface area contributed by atoms with Crippen molar-refractivity contribution in [3.8, 4) is 5.75 Å². The highest BCUT2D eigenvalue weighted by Crippen LogP contribution is 2.33. The second-order valence-corrected chi connectivity index (χ2v) is 7.91. The van der Waals surface area contributed by atoms with Crippen molar-refractivity contribution in [2.75, 3.05) is 18.1 Å². The van der Waals surface area contributed by atoms with Crippen LogP contribution in [0.5, 0.6) is 5.75 Å². The molecule has 0 aromatic heterocycles. The van der Waals surface area contributed by atoms with Gasteiger partial charge in [0.1, 0.15) is 5.75 Å². The molecule has 1 aliphatic heterocycles. The van der Waals surface area contributed by atoms with Crippen LogP contribution in [0.1, 0.15) is 31.9 Å². The molecule has 1 N–H and O–H groups in total. The van der Waals surface area contributed by atoms with Gasteiger partial charge < -0.3 is 19.7 Å². The zero-order valence-corrected chi connectivity index (χ0v) is 18.6. The molecule has 9 heteroatoms. The molecule has 0 saturated carbocycles. The van der Waals surface area contributed by atoms with Crippen LogP contribution < -0.4 is 15.0 Å². The first-order valence-corrected chi connectivity index (χ1v) is 10.5. The Balaban J connectivity index is 1.48. The highest BCUT2D eigenvalue weighted by Gasteiger charge is 2.31. The van der Waals surface area contributed by atoms with Crippen LogP contribution in [0.2, 0.25) is 10.0 Å². The van der Waals surface area contributed by atoms with E-state index in [2.05, 4.69) is 5.32 Å². The number of nitrogens with zero attached hydrogens (tertiary/aromatic N) is 1. The molecule has 2 aromatic rings. The molecule has 2 atom stereocenters. The minimum Gasteiger partial charge on any atom is -0.479 e. The summed E-state index contributed by atoms with van der Waals surface area (Å²) in [4.78, 5) is 38.2. The lowest BCUT2D eigenvalue weighted by atomic mass is 10.1. The number of ether oxygens (including phenoxy) is 2. The normalized spacial score (nSPS) is 16.2. The smallest absolute Gasteiger partial charge is 0.308 e. The zero-order valence-electron chi connectivity index (χ0n) is 17.1. The van der Waals surface area contributed by atoms with Gasteiger partial charge in [-0.15, -0.1) is 0 Å². The van der Waals surface area contributed by atoms with E-state index in [0.717, 1.165) is 5.56 Å². The van der Waals surface area contributed by atoms with Crippen LogP contribution in [0, 0.1) is 0 Å². The van der Waals surface area contributed by atoms with E-state index in [1.165, 1.54) is 4.90 Å². The van der Waals surface area contributed by atoms with Gasteiger partial charge in [0.05, 0.1) is 28.2 Å². The Morgan fingerprint density at radius 2 is 1.94 bits per heavy atom. The average molecular weight is 465 g/mol. The standard InChI is InChI=1S/C22H22Cl2N2O5/c1-13(15-7-8-16(23)17(24)11-15)25-20(27)12-30-21(28)9-10-26-18-5-3-4-6-19(18)31-14(2)22(26)29/h3-8,11,13-14H,9-10,12H2,1-2H3,(H,25,27). The fourth-order valence-corrected chi connectivity index (χ4v) is 3.47. The van der Waals surface area contributed by atoms with Gasteiger partial charge in [-0.1, -0.05) is 41.4 Å². The SMILES string of the molecule is CC1Oc2ccccc2N(CCC(=O)OCC(=O)NC(C)c2ccc(Cl)c(Cl)c2)C1=O. The number of anilines is 1. The quantitative estimate of drug-likeness (QED) is 0.627. The van der Waals surface area contributed by atoms with E-state index >= 15 is 0 Å². The largest absolute Gasteiger partial charge is 0.479 e. The minimum absolute atomic E-state index is 0.0532. The fraction of sp³-hybridized carbons (Fsp3) is 0.318. The summed E-state index contributed by atoms with van der Waals surface area (Å²) in [6.45, 7) is 3.14. The van der Waals surface area contributed by atoms with Crippen molar-refractivity contribution in [1.82, 2.24) is 5.32 Å². The van der Waals surface area contributed by atoms with Crippen molar-refractivity contribution in [2.24, 2.45) is 0 Å². The van der Waals surface area contributed by atoms with Gasteiger partial charge in [-0.2, -0.15) is 0 Å². The highest BCUT2D eigenvalue weighted by atomic mass is 35.5. The summed E-state index contributed by atoms with van der Waals surface area (Å²) in [5.74, 6) is -0.687. The summed E-state index contributed by atoms with van der Waals surface area (Å²) < 4.78 is 10.6. The molecule has 0 saturated heterocycles. The number of fused-ring (bicyclic) bond motifs is 1. The first-order chi connectivity index (χ1) is 14.8. The van der Waals surface area contributed by atoms with Crippen LogP contribution in [0.4, 0.5) is 5.69 Å². The number of hydrogen-bond acceptors (Lipinski definition) is 5. The van der Waals surface area contributed by atoms with Gasteiger partial charge >= 0.3 is 5.97 Å². The van der Waals surface area contributed by atoms with Gasteiger partial charge in [-0.3, -0.25) is 14.4 Å². The molecular formula is C22H22Cl2N2O5. The number of para-hydroxylation sites is 2. The fourth-order valence-electron chi connectivity index (χ4n) is 3.16. The molecule has 2 aromatic carbocycles. The molecule has 2 amide bonds. The topological polar surface area (TPSA) is 84.9 Å². The molecule has 1 heterocycles. The van der Waals surface area contributed by atoms with E-state index in [9.17, 15) is 14.4 Å². The Morgan fingerprint density at radius 3 is 2.68 bits per heavy atom. The van der Waals surface area contributed by atoms with E-state index in [4.69, 9.17) is 32.7 Å². The number of nitrogens with one attached hydrogen (secondary N) is 1. The summed E-state index contributed by atoms with van der Waals surface area (Å²) in [6.07, 6.45) is -0.692. The van der Waals surface area contributed by atoms with E-state index in [1.807, 2.05) is 6.07 Å². The monoisotopic (exact) mass is 464 g/mol. The van der Waals surface area contributed by atoms with E-state index < -0.39 is 24.6 Å². The molecule has 0 aliphatic carbocycles. The molecule has 0 spiro atoms. The molecule has 164 valence electrons. The summed E-state index contributed by atoms with van der Waals surface area (Å²) in [5, 5.41) is 3.54. The Hall–Kier alpha value is -2.77. The summed E-state index contributed by atoms with van der Waals surface area (Å²) in [7, 11) is 0. The summed E-state index contributed by atoms with van der Waals surface area (Å²) >= 11 is 11.9. The molecule has 2 unspecified atom stereocenters. The van der Waals surface area contributed by atoms with E-state index in [1.54, 1.807) is 50.2 Å². The van der Waals surface area contributed by atoms with E-state index in [-0.39, 0.29) is 24.9 Å². The number of benzene rings is 2. The van der Waals surface area contributed by atoms with Crippen LogP contribution in [0.15, 0.2) is 42.5 Å². The molecular weight excluding hydrogens is 443 g/mol.